The molecule has 1 rings (SSSR count). The van der Waals surface area contributed by atoms with E-state index in [0.29, 0.717) is 5.02 Å². The largest absolute Gasteiger partial charge is 0.392 e. The van der Waals surface area contributed by atoms with Crippen LogP contribution in [0.1, 0.15) is 5.56 Å². The highest BCUT2D eigenvalue weighted by Crippen LogP contribution is 2.18. The van der Waals surface area contributed by atoms with Crippen molar-refractivity contribution in [1.82, 2.24) is 0 Å². The molecule has 54 valence electrons. The van der Waals surface area contributed by atoms with E-state index in [-0.39, 0.29) is 6.61 Å². The van der Waals surface area contributed by atoms with Gasteiger partial charge in [-0.2, -0.15) is 0 Å². The highest BCUT2D eigenvalue weighted by molar-refractivity contribution is 14.1. The molecule has 10 heavy (non-hydrogen) atoms. The topological polar surface area (TPSA) is 20.2 Å². The Morgan fingerprint density at radius 1 is 1.50 bits per heavy atom. The van der Waals surface area contributed by atoms with Crippen LogP contribution in [0.25, 0.3) is 0 Å². The van der Waals surface area contributed by atoms with E-state index in [1.54, 1.807) is 0 Å². The van der Waals surface area contributed by atoms with Crippen LogP contribution in [0.3, 0.4) is 0 Å². The second-order valence-corrected chi connectivity index (χ2v) is 3.55. The Balaban J connectivity index is 3.07. The van der Waals surface area contributed by atoms with Crippen molar-refractivity contribution < 1.29 is 5.11 Å². The van der Waals surface area contributed by atoms with Crippen molar-refractivity contribution >= 4 is 34.2 Å². The van der Waals surface area contributed by atoms with Crippen molar-refractivity contribution in [3.63, 3.8) is 0 Å². The Hall–Kier alpha value is 0.200. The van der Waals surface area contributed by atoms with Crippen molar-refractivity contribution in [3.8, 4) is 0 Å². The van der Waals surface area contributed by atoms with Gasteiger partial charge in [0.05, 0.1) is 6.61 Å². The van der Waals surface area contributed by atoms with Crippen molar-refractivity contribution in [1.29, 1.82) is 0 Å². The smallest absolute Gasteiger partial charge is 0.0696 e. The normalized spacial score (nSPS) is 9.90. The molecule has 1 N–H and O–H groups in total. The first kappa shape index (κ1) is 8.30. The molecule has 0 amide bonds. The van der Waals surface area contributed by atoms with Crippen LogP contribution in [0.2, 0.25) is 5.02 Å². The molecule has 1 nitrogen and oxygen atoms in total. The first-order chi connectivity index (χ1) is 4.74. The SMILES string of the molecule is OCc1ccc(I)cc1Cl. The van der Waals surface area contributed by atoms with Crippen molar-refractivity contribution in [2.45, 2.75) is 6.61 Å². The molecular weight excluding hydrogens is 262 g/mol. The molecule has 0 bridgehead atoms. The maximum Gasteiger partial charge on any atom is 0.0696 e. The molecule has 3 heteroatoms. The lowest BCUT2D eigenvalue weighted by molar-refractivity contribution is 0.282. The molecule has 0 saturated carbocycles. The standard InChI is InChI=1S/C7H6ClIO/c8-7-3-6(9)2-1-5(7)4-10/h1-3,10H,4H2. The lowest BCUT2D eigenvalue weighted by Crippen LogP contribution is -1.84. The van der Waals surface area contributed by atoms with Gasteiger partial charge in [0.15, 0.2) is 0 Å². The van der Waals surface area contributed by atoms with Gasteiger partial charge in [0, 0.05) is 8.59 Å². The average Bonchev–Trinajstić information content (AvgIpc) is 1.88. The van der Waals surface area contributed by atoms with Crippen LogP contribution in [0, 0.1) is 3.57 Å². The van der Waals surface area contributed by atoms with Gasteiger partial charge in [-0.1, -0.05) is 17.7 Å². The van der Waals surface area contributed by atoms with Gasteiger partial charge < -0.3 is 5.11 Å². The zero-order valence-corrected chi connectivity index (χ0v) is 8.06. The van der Waals surface area contributed by atoms with E-state index in [2.05, 4.69) is 22.6 Å². The zero-order chi connectivity index (χ0) is 7.56. The monoisotopic (exact) mass is 268 g/mol. The first-order valence-electron chi connectivity index (χ1n) is 2.79. The number of hydrogen-bond acceptors (Lipinski definition) is 1. The number of benzene rings is 1. The second-order valence-electron chi connectivity index (χ2n) is 1.89. The number of rotatable bonds is 1. The Morgan fingerprint density at radius 2 is 2.20 bits per heavy atom. The van der Waals surface area contributed by atoms with Gasteiger partial charge in [0.1, 0.15) is 0 Å². The summed E-state index contributed by atoms with van der Waals surface area (Å²) in [6.07, 6.45) is 0. The summed E-state index contributed by atoms with van der Waals surface area (Å²) >= 11 is 7.94. The van der Waals surface area contributed by atoms with Crippen LogP contribution in [-0.4, -0.2) is 5.11 Å². The van der Waals surface area contributed by atoms with E-state index < -0.39 is 0 Å². The lowest BCUT2D eigenvalue weighted by Gasteiger charge is -1.98. The van der Waals surface area contributed by atoms with Crippen LogP contribution in [0.15, 0.2) is 18.2 Å². The molecule has 0 saturated heterocycles. The molecule has 0 aromatic heterocycles. The predicted octanol–water partition coefficient (Wildman–Crippen LogP) is 2.44. The molecular formula is C7H6ClIO. The zero-order valence-electron chi connectivity index (χ0n) is 5.14. The molecule has 0 aliphatic rings. The Morgan fingerprint density at radius 3 is 2.70 bits per heavy atom. The van der Waals surface area contributed by atoms with Crippen LogP contribution < -0.4 is 0 Å². The lowest BCUT2D eigenvalue weighted by atomic mass is 10.2. The Labute approximate surface area is 78.2 Å². The minimum absolute atomic E-state index is 0.00968. The maximum atomic E-state index is 8.72. The van der Waals surface area contributed by atoms with Gasteiger partial charge >= 0.3 is 0 Å². The number of aliphatic hydroxyl groups excluding tert-OH is 1. The predicted molar refractivity (Wildman–Crippen MR) is 50.1 cm³/mol. The average molecular weight is 268 g/mol. The first-order valence-corrected chi connectivity index (χ1v) is 4.24. The molecule has 0 aliphatic heterocycles. The Bertz CT molecular complexity index is 237. The van der Waals surface area contributed by atoms with E-state index in [0.717, 1.165) is 9.13 Å². The maximum absolute atomic E-state index is 8.72. The van der Waals surface area contributed by atoms with Crippen LogP contribution >= 0.6 is 34.2 Å². The van der Waals surface area contributed by atoms with Crippen molar-refractivity contribution in [2.75, 3.05) is 0 Å². The summed E-state index contributed by atoms with van der Waals surface area (Å²) in [5.41, 5.74) is 0.780. The van der Waals surface area contributed by atoms with Gasteiger partial charge in [-0.3, -0.25) is 0 Å². The fraction of sp³-hybridized carbons (Fsp3) is 0.143. The summed E-state index contributed by atoms with van der Waals surface area (Å²) in [6.45, 7) is 0.00968. The summed E-state index contributed by atoms with van der Waals surface area (Å²) in [5, 5.41) is 9.36. The van der Waals surface area contributed by atoms with E-state index in [1.807, 2.05) is 18.2 Å². The third kappa shape index (κ3) is 1.84. The van der Waals surface area contributed by atoms with Crippen LogP contribution in [-0.2, 0) is 6.61 Å². The fourth-order valence-corrected chi connectivity index (χ4v) is 1.57. The minimum Gasteiger partial charge on any atom is -0.392 e. The van der Waals surface area contributed by atoms with E-state index in [1.165, 1.54) is 0 Å². The quantitative estimate of drug-likeness (QED) is 0.776. The molecule has 0 spiro atoms. The molecule has 0 radical (unpaired) electrons. The third-order valence-electron chi connectivity index (χ3n) is 1.19. The molecule has 1 aromatic rings. The van der Waals surface area contributed by atoms with E-state index in [4.69, 9.17) is 16.7 Å². The number of aliphatic hydroxyl groups is 1. The number of halogens is 2. The second kappa shape index (κ2) is 3.55. The minimum atomic E-state index is 0.00968. The molecule has 0 atom stereocenters. The number of hydrogen-bond donors (Lipinski definition) is 1. The molecule has 0 unspecified atom stereocenters. The summed E-state index contributed by atoms with van der Waals surface area (Å²) in [7, 11) is 0. The highest BCUT2D eigenvalue weighted by atomic mass is 127. The van der Waals surface area contributed by atoms with Gasteiger partial charge in [0.25, 0.3) is 0 Å². The molecule has 0 fully saturated rings. The highest BCUT2D eigenvalue weighted by Gasteiger charge is 1.97. The summed E-state index contributed by atoms with van der Waals surface area (Å²) in [5.74, 6) is 0. The Kier molecular flexibility index (Phi) is 2.95. The van der Waals surface area contributed by atoms with E-state index in [9.17, 15) is 0 Å². The van der Waals surface area contributed by atoms with Crippen LogP contribution in [0.5, 0.6) is 0 Å². The molecule has 0 heterocycles. The van der Waals surface area contributed by atoms with Gasteiger partial charge in [0.2, 0.25) is 0 Å². The molecule has 0 aliphatic carbocycles. The molecule has 1 aromatic carbocycles. The van der Waals surface area contributed by atoms with Crippen molar-refractivity contribution in [2.24, 2.45) is 0 Å². The summed E-state index contributed by atoms with van der Waals surface area (Å²) in [4.78, 5) is 0. The van der Waals surface area contributed by atoms with E-state index >= 15 is 0 Å². The third-order valence-corrected chi connectivity index (χ3v) is 2.21. The van der Waals surface area contributed by atoms with Gasteiger partial charge in [-0.05, 0) is 40.3 Å². The van der Waals surface area contributed by atoms with Gasteiger partial charge in [-0.25, -0.2) is 0 Å². The van der Waals surface area contributed by atoms with Crippen LogP contribution in [0.4, 0.5) is 0 Å². The summed E-state index contributed by atoms with van der Waals surface area (Å²) in [6, 6.07) is 5.57. The van der Waals surface area contributed by atoms with Gasteiger partial charge in [-0.15, -0.1) is 0 Å². The summed E-state index contributed by atoms with van der Waals surface area (Å²) < 4.78 is 1.08. The fourth-order valence-electron chi connectivity index (χ4n) is 0.650. The van der Waals surface area contributed by atoms with Crippen molar-refractivity contribution in [3.05, 3.63) is 32.4 Å².